The largest absolute Gasteiger partial charge is 0.389 e. The SMILES string of the molecule is C[C@@H]1CCC(NCC(O)COCCC[Si])CC1NCC(O)COCCC[Si]. The van der Waals surface area contributed by atoms with Crippen molar-refractivity contribution in [2.45, 2.75) is 75.4 Å². The third kappa shape index (κ3) is 12.4. The highest BCUT2D eigenvalue weighted by Gasteiger charge is 2.27. The summed E-state index contributed by atoms with van der Waals surface area (Å²) in [6.07, 6.45) is 4.24. The minimum absolute atomic E-state index is 0.375. The summed E-state index contributed by atoms with van der Waals surface area (Å²) < 4.78 is 10.9. The Kier molecular flexibility index (Phi) is 15.0. The Morgan fingerprint density at radius 1 is 0.926 bits per heavy atom. The van der Waals surface area contributed by atoms with E-state index in [1.807, 2.05) is 0 Å². The fourth-order valence-corrected chi connectivity index (χ4v) is 3.58. The van der Waals surface area contributed by atoms with Crippen molar-refractivity contribution in [2.75, 3.05) is 39.5 Å². The number of hydrogen-bond acceptors (Lipinski definition) is 6. The summed E-state index contributed by atoms with van der Waals surface area (Å²) in [6, 6.07) is 2.60. The number of ether oxygens (including phenoxy) is 2. The number of rotatable bonds is 16. The lowest BCUT2D eigenvalue weighted by Crippen LogP contribution is -2.49. The first-order chi connectivity index (χ1) is 13.1. The third-order valence-electron chi connectivity index (χ3n) is 5.01. The zero-order chi connectivity index (χ0) is 19.9. The molecule has 4 unspecified atom stereocenters. The molecule has 0 spiro atoms. The van der Waals surface area contributed by atoms with Crippen LogP contribution in [0.2, 0.25) is 12.1 Å². The standard InChI is InChI=1S/C19H38N2O4Si2/c1-15-4-5-16(20-11-17(22)13-24-6-2-8-26)10-19(15)21-12-18(23)14-25-7-3-9-27/h15-23H,2-14H2,1H3/t15-,16?,17?,18?,19?/m1/s1. The molecule has 0 aromatic carbocycles. The van der Waals surface area contributed by atoms with Crippen molar-refractivity contribution in [1.82, 2.24) is 10.6 Å². The van der Waals surface area contributed by atoms with Crippen LogP contribution in [0.3, 0.4) is 0 Å². The fourth-order valence-electron chi connectivity index (χ4n) is 3.29. The molecule has 5 atom stereocenters. The predicted molar refractivity (Wildman–Crippen MR) is 111 cm³/mol. The van der Waals surface area contributed by atoms with Gasteiger partial charge in [-0.25, -0.2) is 0 Å². The Morgan fingerprint density at radius 3 is 2.04 bits per heavy atom. The Morgan fingerprint density at radius 2 is 1.48 bits per heavy atom. The van der Waals surface area contributed by atoms with Crippen molar-refractivity contribution in [1.29, 1.82) is 0 Å². The van der Waals surface area contributed by atoms with E-state index in [0.717, 1.165) is 44.2 Å². The molecule has 0 aromatic rings. The third-order valence-corrected chi connectivity index (χ3v) is 5.71. The second kappa shape index (κ2) is 16.0. The summed E-state index contributed by atoms with van der Waals surface area (Å²) in [4.78, 5) is 0. The minimum Gasteiger partial charge on any atom is -0.389 e. The molecule has 6 nitrogen and oxygen atoms in total. The molecule has 0 aliphatic heterocycles. The van der Waals surface area contributed by atoms with Crippen LogP contribution in [0, 0.1) is 5.92 Å². The zero-order valence-corrected chi connectivity index (χ0v) is 18.8. The van der Waals surface area contributed by atoms with Crippen LogP contribution >= 0.6 is 0 Å². The van der Waals surface area contributed by atoms with Gasteiger partial charge < -0.3 is 30.3 Å². The average Bonchev–Trinajstić information content (AvgIpc) is 2.67. The van der Waals surface area contributed by atoms with Crippen LogP contribution in [-0.4, -0.2) is 94.5 Å². The molecule has 6 radical (unpaired) electrons. The second-order valence-corrected chi connectivity index (χ2v) is 8.57. The molecule has 1 saturated carbocycles. The fraction of sp³-hybridized carbons (Fsp3) is 1.00. The van der Waals surface area contributed by atoms with Crippen molar-refractivity contribution in [2.24, 2.45) is 5.92 Å². The Hall–Kier alpha value is 0.194. The molecular formula is C19H38N2O4Si2. The smallest absolute Gasteiger partial charge is 0.0897 e. The van der Waals surface area contributed by atoms with Crippen LogP contribution in [0.1, 0.15) is 39.0 Å². The van der Waals surface area contributed by atoms with Crippen molar-refractivity contribution >= 4 is 20.5 Å². The molecule has 8 heteroatoms. The van der Waals surface area contributed by atoms with Crippen LogP contribution in [0.5, 0.6) is 0 Å². The van der Waals surface area contributed by atoms with E-state index in [4.69, 9.17) is 9.47 Å². The van der Waals surface area contributed by atoms with Gasteiger partial charge in [-0.1, -0.05) is 19.0 Å². The van der Waals surface area contributed by atoms with Crippen LogP contribution in [0.15, 0.2) is 0 Å². The molecule has 0 bridgehead atoms. The van der Waals surface area contributed by atoms with Crippen molar-refractivity contribution in [3.63, 3.8) is 0 Å². The molecule has 0 saturated heterocycles. The molecule has 1 aliphatic carbocycles. The highest BCUT2D eigenvalue weighted by atomic mass is 28.1. The van der Waals surface area contributed by atoms with E-state index >= 15 is 0 Å². The molecule has 0 aromatic heterocycles. The van der Waals surface area contributed by atoms with E-state index in [9.17, 15) is 10.2 Å². The molecule has 1 fully saturated rings. The van der Waals surface area contributed by atoms with Gasteiger partial charge in [-0.05, 0) is 38.0 Å². The quantitative estimate of drug-likeness (QED) is 0.217. The normalized spacial score (nSPS) is 25.4. The Labute approximate surface area is 172 Å². The number of aliphatic hydroxyl groups excluding tert-OH is 2. The monoisotopic (exact) mass is 414 g/mol. The first kappa shape index (κ1) is 25.2. The number of nitrogens with one attached hydrogen (secondary N) is 2. The van der Waals surface area contributed by atoms with Gasteiger partial charge in [0, 0.05) is 58.9 Å². The summed E-state index contributed by atoms with van der Waals surface area (Å²) in [5, 5.41) is 27.1. The number of hydrogen-bond donors (Lipinski definition) is 4. The molecule has 0 heterocycles. The summed E-state index contributed by atoms with van der Waals surface area (Å²) >= 11 is 0. The molecule has 0 amide bonds. The molecule has 1 aliphatic rings. The van der Waals surface area contributed by atoms with Gasteiger partial charge in [0.25, 0.3) is 0 Å². The van der Waals surface area contributed by atoms with Gasteiger partial charge in [-0.3, -0.25) is 0 Å². The topological polar surface area (TPSA) is 83.0 Å². The van der Waals surface area contributed by atoms with Crippen LogP contribution in [0.25, 0.3) is 0 Å². The van der Waals surface area contributed by atoms with Crippen LogP contribution in [0.4, 0.5) is 0 Å². The van der Waals surface area contributed by atoms with E-state index in [2.05, 4.69) is 38.0 Å². The lowest BCUT2D eigenvalue weighted by molar-refractivity contribution is 0.0310. The van der Waals surface area contributed by atoms with Gasteiger partial charge in [0.05, 0.1) is 25.4 Å². The molecule has 1 rings (SSSR count). The Balaban J connectivity index is 2.19. The predicted octanol–water partition coefficient (Wildman–Crippen LogP) is 0.432. The van der Waals surface area contributed by atoms with Gasteiger partial charge >= 0.3 is 0 Å². The van der Waals surface area contributed by atoms with E-state index in [1.54, 1.807) is 0 Å². The molecular weight excluding hydrogens is 376 g/mol. The maximum atomic E-state index is 10.1. The molecule has 4 N–H and O–H groups in total. The number of aliphatic hydroxyl groups is 2. The van der Waals surface area contributed by atoms with Crippen LogP contribution < -0.4 is 10.6 Å². The van der Waals surface area contributed by atoms with Crippen LogP contribution in [-0.2, 0) is 9.47 Å². The van der Waals surface area contributed by atoms with E-state index in [1.165, 1.54) is 0 Å². The summed E-state index contributed by atoms with van der Waals surface area (Å²) in [6.45, 7) is 5.49. The lowest BCUT2D eigenvalue weighted by Gasteiger charge is -2.36. The van der Waals surface area contributed by atoms with Gasteiger partial charge in [0.2, 0.25) is 0 Å². The maximum absolute atomic E-state index is 10.1. The van der Waals surface area contributed by atoms with Gasteiger partial charge in [-0.2, -0.15) is 0 Å². The van der Waals surface area contributed by atoms with Crippen molar-refractivity contribution in [3.8, 4) is 0 Å². The van der Waals surface area contributed by atoms with Gasteiger partial charge in [-0.15, -0.1) is 0 Å². The van der Waals surface area contributed by atoms with E-state index < -0.39 is 12.2 Å². The summed E-state index contributed by atoms with van der Waals surface area (Å²) in [5.74, 6) is 0.585. The highest BCUT2D eigenvalue weighted by molar-refractivity contribution is 6.08. The second-order valence-electron chi connectivity index (χ2n) is 7.57. The first-order valence-corrected chi connectivity index (χ1v) is 11.8. The lowest BCUT2D eigenvalue weighted by atomic mass is 9.82. The molecule has 156 valence electrons. The average molecular weight is 415 g/mol. The summed E-state index contributed by atoms with van der Waals surface area (Å²) in [7, 11) is 6.82. The zero-order valence-electron chi connectivity index (χ0n) is 16.8. The van der Waals surface area contributed by atoms with Gasteiger partial charge in [0.15, 0.2) is 0 Å². The van der Waals surface area contributed by atoms with Gasteiger partial charge in [0.1, 0.15) is 0 Å². The Bertz CT molecular complexity index is 356. The van der Waals surface area contributed by atoms with E-state index in [-0.39, 0.29) is 0 Å². The first-order valence-electron chi connectivity index (χ1n) is 10.3. The maximum Gasteiger partial charge on any atom is 0.0897 e. The molecule has 27 heavy (non-hydrogen) atoms. The highest BCUT2D eigenvalue weighted by Crippen LogP contribution is 2.24. The minimum atomic E-state index is -0.474. The van der Waals surface area contributed by atoms with Crippen molar-refractivity contribution in [3.05, 3.63) is 0 Å². The van der Waals surface area contributed by atoms with E-state index in [0.29, 0.717) is 57.5 Å². The van der Waals surface area contributed by atoms with Crippen molar-refractivity contribution < 1.29 is 19.7 Å². The summed E-state index contributed by atoms with van der Waals surface area (Å²) in [5.41, 5.74) is 0.